The maximum Gasteiger partial charge on any atom is 0.331 e. The van der Waals surface area contributed by atoms with Gasteiger partial charge in [0.15, 0.2) is 6.10 Å². The number of nitrogens with one attached hydrogen (secondary N) is 1. The van der Waals surface area contributed by atoms with E-state index in [0.717, 1.165) is 0 Å². The summed E-state index contributed by atoms with van der Waals surface area (Å²) in [4.78, 5) is 22.7. The van der Waals surface area contributed by atoms with Gasteiger partial charge in [0.1, 0.15) is 5.82 Å². The van der Waals surface area contributed by atoms with Crippen molar-refractivity contribution in [3.05, 3.63) is 42.2 Å². The fourth-order valence-corrected chi connectivity index (χ4v) is 1.18. The van der Waals surface area contributed by atoms with E-state index in [1.165, 1.54) is 43.3 Å². The number of rotatable bonds is 4. The van der Waals surface area contributed by atoms with Crippen LogP contribution < -0.4 is 5.32 Å². The minimum atomic E-state index is -0.918. The first kappa shape index (κ1) is 13.9. The van der Waals surface area contributed by atoms with Crippen LogP contribution in [0.4, 0.5) is 10.1 Å². The van der Waals surface area contributed by atoms with Crippen molar-refractivity contribution in [1.29, 1.82) is 0 Å². The van der Waals surface area contributed by atoms with Crippen molar-refractivity contribution in [2.75, 3.05) is 5.32 Å². The number of esters is 1. The number of amides is 1. The highest BCUT2D eigenvalue weighted by Gasteiger charge is 2.16. The van der Waals surface area contributed by atoms with E-state index in [9.17, 15) is 14.0 Å². The van der Waals surface area contributed by atoms with Crippen molar-refractivity contribution in [2.24, 2.45) is 0 Å². The zero-order chi connectivity index (χ0) is 13.5. The van der Waals surface area contributed by atoms with E-state index in [1.807, 2.05) is 0 Å². The molecule has 1 rings (SSSR count). The average molecular weight is 251 g/mol. The molecule has 96 valence electrons. The minimum absolute atomic E-state index is 0.388. The quantitative estimate of drug-likeness (QED) is 0.659. The summed E-state index contributed by atoms with van der Waals surface area (Å²) in [6.45, 7) is 3.13. The predicted octanol–water partition coefficient (Wildman–Crippen LogP) is 2.27. The standard InChI is InChI=1S/C13H14FNO3/c1-3-4-12(16)18-9(2)13(17)15-11-7-5-10(14)6-8-11/h3-9H,1-2H3,(H,15,17)/b4-3+/t9-/m1/s1. The van der Waals surface area contributed by atoms with Gasteiger partial charge in [-0.2, -0.15) is 0 Å². The lowest BCUT2D eigenvalue weighted by atomic mass is 10.3. The van der Waals surface area contributed by atoms with Gasteiger partial charge in [-0.05, 0) is 38.1 Å². The molecule has 18 heavy (non-hydrogen) atoms. The van der Waals surface area contributed by atoms with Crippen LogP contribution in [-0.2, 0) is 14.3 Å². The molecule has 0 aliphatic rings. The zero-order valence-electron chi connectivity index (χ0n) is 10.1. The van der Waals surface area contributed by atoms with E-state index in [2.05, 4.69) is 5.32 Å². The lowest BCUT2D eigenvalue weighted by Crippen LogP contribution is -2.29. The van der Waals surface area contributed by atoms with Gasteiger partial charge in [-0.3, -0.25) is 4.79 Å². The molecule has 4 nitrogen and oxygen atoms in total. The number of benzene rings is 1. The molecule has 1 atom stereocenters. The average Bonchev–Trinajstić information content (AvgIpc) is 2.32. The molecule has 0 saturated carbocycles. The predicted molar refractivity (Wildman–Crippen MR) is 65.4 cm³/mol. The van der Waals surface area contributed by atoms with Gasteiger partial charge in [0.05, 0.1) is 0 Å². The first-order chi connectivity index (χ1) is 8.52. The summed E-state index contributed by atoms with van der Waals surface area (Å²) < 4.78 is 17.5. The van der Waals surface area contributed by atoms with Crippen LogP contribution in [0.25, 0.3) is 0 Å². The second kappa shape index (κ2) is 6.54. The number of allylic oxidation sites excluding steroid dienone is 1. The van der Waals surface area contributed by atoms with Crippen LogP contribution >= 0.6 is 0 Å². The Labute approximate surface area is 104 Å². The van der Waals surface area contributed by atoms with Crippen LogP contribution in [0.15, 0.2) is 36.4 Å². The number of carbonyl (C=O) groups is 2. The molecule has 0 aliphatic carbocycles. The number of carbonyl (C=O) groups excluding carboxylic acids is 2. The van der Waals surface area contributed by atoms with E-state index in [-0.39, 0.29) is 5.82 Å². The Bertz CT molecular complexity index is 454. The molecular formula is C13H14FNO3. The lowest BCUT2D eigenvalue weighted by molar-refractivity contribution is -0.148. The number of anilines is 1. The third-order valence-electron chi connectivity index (χ3n) is 2.08. The van der Waals surface area contributed by atoms with E-state index in [4.69, 9.17) is 4.74 Å². The second-order valence-corrected chi connectivity index (χ2v) is 3.58. The van der Waals surface area contributed by atoms with Gasteiger partial charge in [-0.15, -0.1) is 0 Å². The molecule has 1 aromatic rings. The largest absolute Gasteiger partial charge is 0.449 e. The first-order valence-corrected chi connectivity index (χ1v) is 5.42. The Morgan fingerprint density at radius 2 is 1.94 bits per heavy atom. The van der Waals surface area contributed by atoms with Crippen molar-refractivity contribution in [3.63, 3.8) is 0 Å². The molecule has 0 fully saturated rings. The Hall–Kier alpha value is -2.17. The molecule has 0 saturated heterocycles. The monoisotopic (exact) mass is 251 g/mol. The molecular weight excluding hydrogens is 237 g/mol. The van der Waals surface area contributed by atoms with Crippen molar-refractivity contribution in [1.82, 2.24) is 0 Å². The van der Waals surface area contributed by atoms with Crippen LogP contribution in [0.1, 0.15) is 13.8 Å². The molecule has 0 spiro atoms. The maximum atomic E-state index is 12.6. The van der Waals surface area contributed by atoms with Crippen molar-refractivity contribution in [3.8, 4) is 0 Å². The maximum absolute atomic E-state index is 12.6. The highest BCUT2D eigenvalue weighted by atomic mass is 19.1. The van der Waals surface area contributed by atoms with Crippen molar-refractivity contribution < 1.29 is 18.7 Å². The topological polar surface area (TPSA) is 55.4 Å². The van der Waals surface area contributed by atoms with Crippen molar-refractivity contribution in [2.45, 2.75) is 20.0 Å². The van der Waals surface area contributed by atoms with Crippen molar-refractivity contribution >= 4 is 17.6 Å². The molecule has 0 aromatic heterocycles. The van der Waals surface area contributed by atoms with Crippen LogP contribution in [0.5, 0.6) is 0 Å². The van der Waals surface area contributed by atoms with Gasteiger partial charge < -0.3 is 10.1 Å². The van der Waals surface area contributed by atoms with Gasteiger partial charge in [0.2, 0.25) is 0 Å². The van der Waals surface area contributed by atoms with Gasteiger partial charge in [0, 0.05) is 11.8 Å². The SMILES string of the molecule is C/C=C/C(=O)O[C@H](C)C(=O)Nc1ccc(F)cc1. The number of ether oxygens (including phenoxy) is 1. The Kier molecular flexibility index (Phi) is 5.05. The van der Waals surface area contributed by atoms with Gasteiger partial charge in [-0.25, -0.2) is 9.18 Å². The summed E-state index contributed by atoms with van der Waals surface area (Å²) in [6, 6.07) is 5.31. The summed E-state index contributed by atoms with van der Waals surface area (Å²) in [5.41, 5.74) is 0.440. The van der Waals surface area contributed by atoms with Crippen LogP contribution in [0, 0.1) is 5.82 Å². The molecule has 1 amide bonds. The Morgan fingerprint density at radius 1 is 1.33 bits per heavy atom. The van der Waals surface area contributed by atoms with Gasteiger partial charge in [-0.1, -0.05) is 6.08 Å². The lowest BCUT2D eigenvalue weighted by Gasteiger charge is -2.12. The normalized spacial score (nSPS) is 12.2. The third kappa shape index (κ3) is 4.37. The number of halogens is 1. The molecule has 5 heteroatoms. The Balaban J connectivity index is 2.54. The molecule has 0 radical (unpaired) electrons. The summed E-state index contributed by atoms with van der Waals surface area (Å²) in [5, 5.41) is 2.51. The second-order valence-electron chi connectivity index (χ2n) is 3.58. The van der Waals surface area contributed by atoms with E-state index >= 15 is 0 Å². The molecule has 1 aromatic carbocycles. The fraction of sp³-hybridized carbons (Fsp3) is 0.231. The first-order valence-electron chi connectivity index (χ1n) is 5.42. The zero-order valence-corrected chi connectivity index (χ0v) is 10.1. The third-order valence-corrected chi connectivity index (χ3v) is 2.08. The molecule has 0 unspecified atom stereocenters. The summed E-state index contributed by atoms with van der Waals surface area (Å²) >= 11 is 0. The fourth-order valence-electron chi connectivity index (χ4n) is 1.18. The molecule has 1 N–H and O–H groups in total. The summed E-state index contributed by atoms with van der Waals surface area (Å²) in [5.74, 6) is -1.45. The molecule has 0 heterocycles. The van der Waals surface area contributed by atoms with Crippen LogP contribution in [0.2, 0.25) is 0 Å². The molecule has 0 bridgehead atoms. The smallest absolute Gasteiger partial charge is 0.331 e. The summed E-state index contributed by atoms with van der Waals surface area (Å²) in [6.07, 6.45) is 1.83. The number of hydrogen-bond donors (Lipinski definition) is 1. The Morgan fingerprint density at radius 3 is 2.50 bits per heavy atom. The number of hydrogen-bond acceptors (Lipinski definition) is 3. The summed E-state index contributed by atoms with van der Waals surface area (Å²) in [7, 11) is 0. The highest BCUT2D eigenvalue weighted by Crippen LogP contribution is 2.09. The highest BCUT2D eigenvalue weighted by molar-refractivity contribution is 5.95. The molecule has 0 aliphatic heterocycles. The minimum Gasteiger partial charge on any atom is -0.449 e. The van der Waals surface area contributed by atoms with Gasteiger partial charge in [0.25, 0.3) is 5.91 Å². The van der Waals surface area contributed by atoms with E-state index < -0.39 is 18.0 Å². The van der Waals surface area contributed by atoms with Crippen LogP contribution in [0.3, 0.4) is 0 Å². The van der Waals surface area contributed by atoms with E-state index in [0.29, 0.717) is 5.69 Å². The van der Waals surface area contributed by atoms with Crippen LogP contribution in [-0.4, -0.2) is 18.0 Å². The van der Waals surface area contributed by atoms with Gasteiger partial charge >= 0.3 is 5.97 Å². The van der Waals surface area contributed by atoms with E-state index in [1.54, 1.807) is 6.92 Å².